The van der Waals surface area contributed by atoms with Crippen LogP contribution in [0, 0.1) is 0 Å². The molecule has 3 rings (SSSR count). The van der Waals surface area contributed by atoms with Crippen LogP contribution in [0.5, 0.6) is 11.5 Å². The van der Waals surface area contributed by atoms with E-state index in [9.17, 15) is 4.79 Å². The van der Waals surface area contributed by atoms with E-state index in [4.69, 9.17) is 4.74 Å². The molecule has 0 spiro atoms. The van der Waals surface area contributed by atoms with Crippen LogP contribution in [0.1, 0.15) is 19.3 Å². The molecule has 140 valence electrons. The van der Waals surface area contributed by atoms with Gasteiger partial charge in [-0.3, -0.25) is 4.79 Å². The molecule has 2 aromatic carbocycles. The van der Waals surface area contributed by atoms with Gasteiger partial charge in [0, 0.05) is 30.7 Å². The molecular weight excluding hydrogens is 404 g/mol. The van der Waals surface area contributed by atoms with Crippen LogP contribution >= 0.6 is 0 Å². The molecule has 1 amide bonds. The number of nitrogens with zero attached hydrogens (tertiary/aromatic N) is 1. The number of amides is 1. The van der Waals surface area contributed by atoms with Crippen molar-refractivity contribution in [2.24, 2.45) is 0 Å². The van der Waals surface area contributed by atoms with E-state index < -0.39 is 0 Å². The number of halogens is 1. The average molecular weight is 427 g/mol. The van der Waals surface area contributed by atoms with Crippen molar-refractivity contribution in [3.8, 4) is 11.5 Å². The number of anilines is 1. The van der Waals surface area contributed by atoms with Gasteiger partial charge in [-0.05, 0) is 42.8 Å². The summed E-state index contributed by atoms with van der Waals surface area (Å²) in [6.45, 7) is 0.930. The molecular formula is C22H23BrN2O2. The number of rotatable bonds is 8. The number of hydrogen-bond acceptors (Lipinski definition) is 2. The second-order valence-corrected chi connectivity index (χ2v) is 6.06. The van der Waals surface area contributed by atoms with Gasteiger partial charge in [0.1, 0.15) is 18.0 Å². The maximum absolute atomic E-state index is 12.1. The standard InChI is InChI=1S/C22H22N2O2.BrH/c25-22(11-5-8-18-24-16-6-2-7-17-24)23-19-12-14-21(15-13-19)26-20-9-3-1-4-10-20;/h1-4,6-7,9-10,12-17H,5,8,11,18H2;1H. The SMILES string of the molecule is O=C(CCCC[n+]1ccccc1)Nc1ccc(Oc2ccccc2)cc1.[Br-]. The predicted octanol–water partition coefficient (Wildman–Crippen LogP) is 1.58. The molecule has 5 heteroatoms. The van der Waals surface area contributed by atoms with Crippen molar-refractivity contribution in [1.82, 2.24) is 0 Å². The van der Waals surface area contributed by atoms with E-state index in [1.807, 2.05) is 85.2 Å². The summed E-state index contributed by atoms with van der Waals surface area (Å²) in [4.78, 5) is 12.1. The average Bonchev–Trinajstić information content (AvgIpc) is 2.68. The number of aryl methyl sites for hydroxylation is 1. The lowest BCUT2D eigenvalue weighted by atomic mass is 10.2. The summed E-state index contributed by atoms with van der Waals surface area (Å²) in [6, 6.07) is 23.1. The lowest BCUT2D eigenvalue weighted by molar-refractivity contribution is -0.697. The molecule has 0 unspecified atom stereocenters. The van der Waals surface area contributed by atoms with Crippen LogP contribution < -0.4 is 31.6 Å². The summed E-state index contributed by atoms with van der Waals surface area (Å²) in [5.41, 5.74) is 0.785. The Kier molecular flexibility index (Phi) is 8.52. The van der Waals surface area contributed by atoms with Crippen molar-refractivity contribution >= 4 is 11.6 Å². The fourth-order valence-electron chi connectivity index (χ4n) is 2.62. The summed E-state index contributed by atoms with van der Waals surface area (Å²) < 4.78 is 7.87. The molecule has 4 nitrogen and oxygen atoms in total. The molecule has 0 aliphatic heterocycles. The Morgan fingerprint density at radius 2 is 1.44 bits per heavy atom. The Morgan fingerprint density at radius 3 is 2.15 bits per heavy atom. The van der Waals surface area contributed by atoms with E-state index in [1.165, 1.54) is 0 Å². The number of nitrogens with one attached hydrogen (secondary N) is 1. The van der Waals surface area contributed by atoms with Crippen LogP contribution in [0.3, 0.4) is 0 Å². The minimum Gasteiger partial charge on any atom is -1.00 e. The Balaban J connectivity index is 0.00000261. The molecule has 0 saturated heterocycles. The highest BCUT2D eigenvalue weighted by molar-refractivity contribution is 5.90. The molecule has 0 fully saturated rings. The van der Waals surface area contributed by atoms with E-state index in [0.717, 1.165) is 36.6 Å². The smallest absolute Gasteiger partial charge is 0.224 e. The molecule has 3 aromatic rings. The Bertz CT molecular complexity index is 809. The van der Waals surface area contributed by atoms with Gasteiger partial charge in [-0.15, -0.1) is 0 Å². The minimum absolute atomic E-state index is 0. The molecule has 1 N–H and O–H groups in total. The zero-order chi connectivity index (χ0) is 18.0. The highest BCUT2D eigenvalue weighted by Gasteiger charge is 2.05. The van der Waals surface area contributed by atoms with Gasteiger partial charge in [0.05, 0.1) is 0 Å². The number of hydrogen-bond donors (Lipinski definition) is 1. The monoisotopic (exact) mass is 426 g/mol. The first-order valence-electron chi connectivity index (χ1n) is 8.86. The third-order valence-electron chi connectivity index (χ3n) is 3.96. The molecule has 0 aliphatic carbocycles. The predicted molar refractivity (Wildman–Crippen MR) is 102 cm³/mol. The number of carbonyl (C=O) groups excluding carboxylic acids is 1. The van der Waals surface area contributed by atoms with E-state index in [0.29, 0.717) is 6.42 Å². The third kappa shape index (κ3) is 7.23. The topological polar surface area (TPSA) is 42.2 Å². The second-order valence-electron chi connectivity index (χ2n) is 6.06. The van der Waals surface area contributed by atoms with Gasteiger partial charge in [0.15, 0.2) is 12.4 Å². The maximum Gasteiger partial charge on any atom is 0.224 e. The second kappa shape index (κ2) is 11.1. The van der Waals surface area contributed by atoms with Crippen molar-refractivity contribution in [3.05, 3.63) is 85.2 Å². The van der Waals surface area contributed by atoms with E-state index in [-0.39, 0.29) is 22.9 Å². The van der Waals surface area contributed by atoms with Crippen LogP contribution in [0.4, 0.5) is 5.69 Å². The van der Waals surface area contributed by atoms with E-state index >= 15 is 0 Å². The summed E-state index contributed by atoms with van der Waals surface area (Å²) >= 11 is 0. The van der Waals surface area contributed by atoms with Gasteiger partial charge in [0.2, 0.25) is 5.91 Å². The van der Waals surface area contributed by atoms with Crippen LogP contribution in [0.15, 0.2) is 85.2 Å². The molecule has 0 aliphatic rings. The van der Waals surface area contributed by atoms with Crippen LogP contribution in [0.2, 0.25) is 0 Å². The van der Waals surface area contributed by atoms with Gasteiger partial charge in [0.25, 0.3) is 0 Å². The summed E-state index contributed by atoms with van der Waals surface area (Å²) in [5, 5.41) is 2.93. The number of benzene rings is 2. The first kappa shape index (κ1) is 20.6. The molecule has 0 radical (unpaired) electrons. The number of unbranched alkanes of at least 4 members (excludes halogenated alkanes) is 1. The highest BCUT2D eigenvalue weighted by Crippen LogP contribution is 2.22. The number of ether oxygens (including phenoxy) is 1. The number of aromatic nitrogens is 1. The molecule has 1 heterocycles. The third-order valence-corrected chi connectivity index (χ3v) is 3.96. The number of carbonyl (C=O) groups is 1. The molecule has 0 saturated carbocycles. The zero-order valence-electron chi connectivity index (χ0n) is 15.1. The lowest BCUT2D eigenvalue weighted by Crippen LogP contribution is -3.00. The van der Waals surface area contributed by atoms with Gasteiger partial charge in [-0.25, -0.2) is 4.57 Å². The Morgan fingerprint density at radius 1 is 0.815 bits per heavy atom. The molecule has 0 atom stereocenters. The van der Waals surface area contributed by atoms with Crippen LogP contribution in [-0.4, -0.2) is 5.91 Å². The maximum atomic E-state index is 12.1. The highest BCUT2D eigenvalue weighted by atomic mass is 79.9. The van der Waals surface area contributed by atoms with Crippen molar-refractivity contribution in [1.29, 1.82) is 0 Å². The summed E-state index contributed by atoms with van der Waals surface area (Å²) in [7, 11) is 0. The quantitative estimate of drug-likeness (QED) is 0.438. The summed E-state index contributed by atoms with van der Waals surface area (Å²) in [6.07, 6.45) is 6.45. The first-order chi connectivity index (χ1) is 12.8. The fraction of sp³-hybridized carbons (Fsp3) is 0.182. The van der Waals surface area contributed by atoms with E-state index in [2.05, 4.69) is 9.88 Å². The Hall–Kier alpha value is -2.66. The van der Waals surface area contributed by atoms with Crippen molar-refractivity contribution in [3.63, 3.8) is 0 Å². The molecule has 0 bridgehead atoms. The molecule has 27 heavy (non-hydrogen) atoms. The fourth-order valence-corrected chi connectivity index (χ4v) is 2.62. The summed E-state index contributed by atoms with van der Waals surface area (Å²) in [5.74, 6) is 1.58. The van der Waals surface area contributed by atoms with Gasteiger partial charge in [-0.2, -0.15) is 0 Å². The van der Waals surface area contributed by atoms with Gasteiger partial charge in [-0.1, -0.05) is 24.3 Å². The normalized spacial score (nSPS) is 9.93. The van der Waals surface area contributed by atoms with Crippen LogP contribution in [-0.2, 0) is 11.3 Å². The van der Waals surface area contributed by atoms with E-state index in [1.54, 1.807) is 0 Å². The lowest BCUT2D eigenvalue weighted by Gasteiger charge is -2.08. The zero-order valence-corrected chi connectivity index (χ0v) is 16.6. The van der Waals surface area contributed by atoms with Crippen LogP contribution in [0.25, 0.3) is 0 Å². The minimum atomic E-state index is 0. The van der Waals surface area contributed by atoms with Crippen molar-refractivity contribution in [2.75, 3.05) is 5.32 Å². The molecule has 1 aromatic heterocycles. The van der Waals surface area contributed by atoms with Crippen molar-refractivity contribution in [2.45, 2.75) is 25.8 Å². The van der Waals surface area contributed by atoms with Gasteiger partial charge >= 0.3 is 0 Å². The number of para-hydroxylation sites is 1. The first-order valence-corrected chi connectivity index (χ1v) is 8.86. The van der Waals surface area contributed by atoms with Crippen molar-refractivity contribution < 1.29 is 31.1 Å². The Labute approximate surface area is 170 Å². The largest absolute Gasteiger partial charge is 1.00 e. The van der Waals surface area contributed by atoms with Gasteiger partial charge < -0.3 is 27.0 Å². The number of pyridine rings is 1.